The van der Waals surface area contributed by atoms with Crippen LogP contribution in [0.5, 0.6) is 0 Å². The van der Waals surface area contributed by atoms with Gasteiger partial charge in [-0.1, -0.05) is 0 Å². The summed E-state index contributed by atoms with van der Waals surface area (Å²) < 4.78 is 9.98. The normalized spacial score (nSPS) is 20.7. The molecule has 0 aliphatic heterocycles. The Morgan fingerprint density at radius 2 is 1.84 bits per heavy atom. The topological polar surface area (TPSA) is 101 Å². The molecule has 0 bridgehead atoms. The van der Waals surface area contributed by atoms with Crippen LogP contribution in [-0.4, -0.2) is 63.8 Å². The molecule has 0 heterocycles. The van der Waals surface area contributed by atoms with Gasteiger partial charge in [0.2, 0.25) is 5.91 Å². The van der Waals surface area contributed by atoms with Crippen LogP contribution in [0.4, 0.5) is 0 Å². The summed E-state index contributed by atoms with van der Waals surface area (Å²) in [4.78, 5) is 27.8. The molecule has 8 nitrogen and oxygen atoms in total. The van der Waals surface area contributed by atoms with Gasteiger partial charge in [-0.3, -0.25) is 9.59 Å². The summed E-state index contributed by atoms with van der Waals surface area (Å²) in [5.41, 5.74) is 0. The van der Waals surface area contributed by atoms with E-state index in [9.17, 15) is 9.59 Å². The summed E-state index contributed by atoms with van der Waals surface area (Å²) in [7, 11) is 1.59. The van der Waals surface area contributed by atoms with Crippen LogP contribution in [0.25, 0.3) is 0 Å². The fourth-order valence-corrected chi connectivity index (χ4v) is 2.75. The second-order valence-electron chi connectivity index (χ2n) is 5.98. The molecule has 0 aromatic heterocycles. The molecule has 3 N–H and O–H groups in total. The molecule has 0 aromatic carbocycles. The van der Waals surface area contributed by atoms with Crippen molar-refractivity contribution < 1.29 is 19.1 Å². The molecule has 8 heteroatoms. The molecule has 0 unspecified atom stereocenters. The molecule has 1 aliphatic carbocycles. The van der Waals surface area contributed by atoms with E-state index in [1.54, 1.807) is 7.11 Å². The van der Waals surface area contributed by atoms with Crippen molar-refractivity contribution in [1.82, 2.24) is 16.0 Å². The number of nitrogens with one attached hydrogen (secondary N) is 3. The van der Waals surface area contributed by atoms with Gasteiger partial charge in [0.1, 0.15) is 6.54 Å². The summed E-state index contributed by atoms with van der Waals surface area (Å²) >= 11 is 0. The van der Waals surface area contributed by atoms with Crippen LogP contribution in [0.2, 0.25) is 0 Å². The van der Waals surface area contributed by atoms with E-state index in [4.69, 9.17) is 9.47 Å². The first-order valence-electron chi connectivity index (χ1n) is 9.07. The van der Waals surface area contributed by atoms with Crippen molar-refractivity contribution in [3.05, 3.63) is 0 Å². The Morgan fingerprint density at radius 1 is 1.12 bits per heavy atom. The summed E-state index contributed by atoms with van der Waals surface area (Å²) in [6.07, 6.45) is 3.39. The van der Waals surface area contributed by atoms with Gasteiger partial charge in [0.15, 0.2) is 5.96 Å². The molecule has 0 aromatic rings. The van der Waals surface area contributed by atoms with Crippen LogP contribution >= 0.6 is 0 Å². The Kier molecular flexibility index (Phi) is 10.6. The Balaban J connectivity index is 2.41. The first kappa shape index (κ1) is 21.2. The minimum atomic E-state index is -0.139. The second kappa shape index (κ2) is 12.5. The van der Waals surface area contributed by atoms with Crippen LogP contribution in [0.15, 0.2) is 4.99 Å². The van der Waals surface area contributed by atoms with Crippen molar-refractivity contribution >= 4 is 17.8 Å². The van der Waals surface area contributed by atoms with Gasteiger partial charge in [-0.05, 0) is 39.5 Å². The van der Waals surface area contributed by atoms with Crippen LogP contribution in [0.3, 0.4) is 0 Å². The highest BCUT2D eigenvalue weighted by molar-refractivity contribution is 5.85. The largest absolute Gasteiger partial charge is 0.466 e. The van der Waals surface area contributed by atoms with E-state index in [0.717, 1.165) is 32.2 Å². The Labute approximate surface area is 150 Å². The fourth-order valence-electron chi connectivity index (χ4n) is 2.75. The van der Waals surface area contributed by atoms with Gasteiger partial charge >= 0.3 is 5.97 Å². The Bertz CT molecular complexity index is 434. The average molecular weight is 356 g/mol. The number of methoxy groups -OCH3 is 1. The number of esters is 1. The van der Waals surface area contributed by atoms with E-state index in [0.29, 0.717) is 25.7 Å². The molecule has 0 atom stereocenters. The van der Waals surface area contributed by atoms with Crippen molar-refractivity contribution in [3.63, 3.8) is 0 Å². The molecule has 1 rings (SSSR count). The number of carbonyl (C=O) groups excluding carboxylic acids is 2. The highest BCUT2D eigenvalue weighted by Crippen LogP contribution is 2.25. The molecule has 0 radical (unpaired) electrons. The quantitative estimate of drug-likeness (QED) is 0.240. The number of hydrogen-bond acceptors (Lipinski definition) is 5. The molecule has 1 aliphatic rings. The Hall–Kier alpha value is -1.83. The molecular weight excluding hydrogens is 324 g/mol. The average Bonchev–Trinajstić information content (AvgIpc) is 2.61. The number of guanidine groups is 1. The summed E-state index contributed by atoms with van der Waals surface area (Å²) in [5, 5.41) is 9.24. The highest BCUT2D eigenvalue weighted by atomic mass is 16.5. The lowest BCUT2D eigenvalue weighted by molar-refractivity contribution is -0.149. The fraction of sp³-hybridized carbons (Fsp3) is 0.824. The number of hydrogen-bond donors (Lipinski definition) is 3. The van der Waals surface area contributed by atoms with Gasteiger partial charge in [-0.2, -0.15) is 0 Å². The van der Waals surface area contributed by atoms with E-state index in [1.807, 2.05) is 13.8 Å². The molecule has 1 amide bonds. The standard InChI is InChI=1S/C17H32N4O4/c1-4-18-17(20-12-15(22)19-10-11-24-3)21-14-8-6-13(7-9-14)16(23)25-5-2/h13-14H,4-12H2,1-3H3,(H,19,22)(H2,18,20,21). The van der Waals surface area contributed by atoms with Gasteiger partial charge in [0.25, 0.3) is 0 Å². The van der Waals surface area contributed by atoms with E-state index in [2.05, 4.69) is 20.9 Å². The predicted molar refractivity (Wildman–Crippen MR) is 96.4 cm³/mol. The summed E-state index contributed by atoms with van der Waals surface area (Å²) in [5.74, 6) is 0.405. The van der Waals surface area contributed by atoms with Gasteiger partial charge in [0, 0.05) is 26.2 Å². The molecule has 0 saturated heterocycles. The zero-order chi connectivity index (χ0) is 18.5. The molecule has 1 saturated carbocycles. The lowest BCUT2D eigenvalue weighted by atomic mass is 9.86. The van der Waals surface area contributed by atoms with Crippen LogP contribution in [0.1, 0.15) is 39.5 Å². The Morgan fingerprint density at radius 3 is 2.44 bits per heavy atom. The maximum absolute atomic E-state index is 11.8. The first-order chi connectivity index (χ1) is 12.1. The number of ether oxygens (including phenoxy) is 2. The third-order valence-electron chi connectivity index (χ3n) is 4.04. The number of aliphatic imine (C=N–C) groups is 1. The van der Waals surface area contributed by atoms with Crippen molar-refractivity contribution in [2.24, 2.45) is 10.9 Å². The van der Waals surface area contributed by atoms with Crippen LogP contribution < -0.4 is 16.0 Å². The molecule has 144 valence electrons. The van der Waals surface area contributed by atoms with Crippen molar-refractivity contribution in [2.45, 2.75) is 45.6 Å². The number of carbonyl (C=O) groups is 2. The zero-order valence-electron chi connectivity index (χ0n) is 15.6. The first-order valence-corrected chi connectivity index (χ1v) is 9.07. The minimum absolute atomic E-state index is 0.00378. The van der Waals surface area contributed by atoms with E-state index in [-0.39, 0.29) is 30.4 Å². The number of amides is 1. The summed E-state index contributed by atoms with van der Waals surface area (Å²) in [6, 6.07) is 0.250. The molecule has 1 fully saturated rings. The van der Waals surface area contributed by atoms with E-state index in [1.165, 1.54) is 0 Å². The zero-order valence-corrected chi connectivity index (χ0v) is 15.6. The predicted octanol–water partition coefficient (Wildman–Crippen LogP) is 0.426. The molecule has 25 heavy (non-hydrogen) atoms. The maximum atomic E-state index is 11.8. The van der Waals surface area contributed by atoms with Crippen molar-refractivity contribution in [2.75, 3.05) is 40.0 Å². The van der Waals surface area contributed by atoms with Gasteiger partial charge in [-0.15, -0.1) is 0 Å². The van der Waals surface area contributed by atoms with Crippen molar-refractivity contribution in [1.29, 1.82) is 0 Å². The summed E-state index contributed by atoms with van der Waals surface area (Å²) in [6.45, 7) is 5.99. The second-order valence-corrected chi connectivity index (χ2v) is 5.98. The van der Waals surface area contributed by atoms with Crippen molar-refractivity contribution in [3.8, 4) is 0 Å². The van der Waals surface area contributed by atoms with Crippen LogP contribution in [-0.2, 0) is 19.1 Å². The lowest BCUT2D eigenvalue weighted by Crippen LogP contribution is -2.46. The highest BCUT2D eigenvalue weighted by Gasteiger charge is 2.27. The van der Waals surface area contributed by atoms with Gasteiger partial charge < -0.3 is 25.4 Å². The van der Waals surface area contributed by atoms with E-state index >= 15 is 0 Å². The third kappa shape index (κ3) is 8.72. The maximum Gasteiger partial charge on any atom is 0.308 e. The molecular formula is C17H32N4O4. The molecule has 0 spiro atoms. The van der Waals surface area contributed by atoms with Gasteiger partial charge in [-0.25, -0.2) is 4.99 Å². The minimum Gasteiger partial charge on any atom is -0.466 e. The number of rotatable bonds is 9. The van der Waals surface area contributed by atoms with Gasteiger partial charge in [0.05, 0.1) is 19.1 Å². The SMILES string of the molecule is CCNC(=NCC(=O)NCCOC)NC1CCC(C(=O)OCC)CC1. The third-order valence-corrected chi connectivity index (χ3v) is 4.04. The van der Waals surface area contributed by atoms with E-state index < -0.39 is 0 Å². The smallest absolute Gasteiger partial charge is 0.308 e. The van der Waals surface area contributed by atoms with Crippen LogP contribution in [0, 0.1) is 5.92 Å². The monoisotopic (exact) mass is 356 g/mol. The number of nitrogens with zero attached hydrogens (tertiary/aromatic N) is 1. The lowest BCUT2D eigenvalue weighted by Gasteiger charge is -2.29.